The van der Waals surface area contributed by atoms with Crippen LogP contribution in [-0.4, -0.2) is 15.2 Å². The SMILES string of the molecule is C[C@@H](N)Cn1ccn(C)c(=O)c1=O. The van der Waals surface area contributed by atoms with E-state index in [0.717, 1.165) is 0 Å². The highest BCUT2D eigenvalue weighted by Gasteiger charge is 2.03. The highest BCUT2D eigenvalue weighted by molar-refractivity contribution is 4.85. The Morgan fingerprint density at radius 3 is 2.54 bits per heavy atom. The van der Waals surface area contributed by atoms with Crippen LogP contribution in [0.3, 0.4) is 0 Å². The molecule has 0 spiro atoms. The van der Waals surface area contributed by atoms with Crippen molar-refractivity contribution in [3.8, 4) is 0 Å². The fourth-order valence-corrected chi connectivity index (χ4v) is 1.04. The number of aryl methyl sites for hydroxylation is 1. The Labute approximate surface area is 75.4 Å². The Morgan fingerprint density at radius 2 is 2.00 bits per heavy atom. The van der Waals surface area contributed by atoms with Gasteiger partial charge < -0.3 is 14.9 Å². The Kier molecular flexibility index (Phi) is 2.67. The second-order valence-corrected chi connectivity index (χ2v) is 3.15. The lowest BCUT2D eigenvalue weighted by Gasteiger charge is -2.08. The normalized spacial score (nSPS) is 12.8. The predicted molar refractivity (Wildman–Crippen MR) is 49.6 cm³/mol. The van der Waals surface area contributed by atoms with Gasteiger partial charge in [0.15, 0.2) is 0 Å². The third-order valence-electron chi connectivity index (χ3n) is 1.72. The number of aromatic nitrogens is 2. The van der Waals surface area contributed by atoms with E-state index in [4.69, 9.17) is 5.73 Å². The van der Waals surface area contributed by atoms with Gasteiger partial charge in [0.05, 0.1) is 0 Å². The molecule has 72 valence electrons. The molecule has 0 radical (unpaired) electrons. The van der Waals surface area contributed by atoms with E-state index in [1.165, 1.54) is 9.13 Å². The molecule has 1 aromatic rings. The van der Waals surface area contributed by atoms with Crippen LogP contribution < -0.4 is 16.9 Å². The van der Waals surface area contributed by atoms with E-state index in [1.807, 2.05) is 0 Å². The summed E-state index contributed by atoms with van der Waals surface area (Å²) in [6.45, 7) is 2.15. The minimum Gasteiger partial charge on any atom is -0.326 e. The van der Waals surface area contributed by atoms with Crippen LogP contribution in [0, 0.1) is 0 Å². The fourth-order valence-electron chi connectivity index (χ4n) is 1.04. The molecule has 1 aromatic heterocycles. The summed E-state index contributed by atoms with van der Waals surface area (Å²) in [5, 5.41) is 0. The van der Waals surface area contributed by atoms with Crippen molar-refractivity contribution in [2.45, 2.75) is 19.5 Å². The van der Waals surface area contributed by atoms with E-state index in [-0.39, 0.29) is 6.04 Å². The van der Waals surface area contributed by atoms with Crippen LogP contribution >= 0.6 is 0 Å². The van der Waals surface area contributed by atoms with E-state index >= 15 is 0 Å². The van der Waals surface area contributed by atoms with Gasteiger partial charge in [-0.2, -0.15) is 0 Å². The summed E-state index contributed by atoms with van der Waals surface area (Å²) >= 11 is 0. The Hall–Kier alpha value is -1.36. The van der Waals surface area contributed by atoms with Crippen LogP contribution in [0.5, 0.6) is 0 Å². The monoisotopic (exact) mass is 183 g/mol. The standard InChI is InChI=1S/C8H13N3O2/c1-6(9)5-11-4-3-10(2)7(12)8(11)13/h3-4,6H,5,9H2,1-2H3/t6-/m1/s1. The Bertz CT molecular complexity index is 403. The van der Waals surface area contributed by atoms with Crippen LogP contribution in [-0.2, 0) is 13.6 Å². The third kappa shape index (κ3) is 2.06. The molecular weight excluding hydrogens is 170 g/mol. The van der Waals surface area contributed by atoms with Crippen molar-refractivity contribution in [3.05, 3.63) is 33.1 Å². The lowest BCUT2D eigenvalue weighted by atomic mass is 10.3. The van der Waals surface area contributed by atoms with Gasteiger partial charge in [-0.05, 0) is 6.92 Å². The van der Waals surface area contributed by atoms with Gasteiger partial charge in [-0.1, -0.05) is 0 Å². The molecule has 0 aliphatic heterocycles. The van der Waals surface area contributed by atoms with E-state index in [0.29, 0.717) is 6.54 Å². The summed E-state index contributed by atoms with van der Waals surface area (Å²) in [7, 11) is 1.54. The highest BCUT2D eigenvalue weighted by atomic mass is 16.2. The molecule has 1 heterocycles. The lowest BCUT2D eigenvalue weighted by molar-refractivity contribution is 0.559. The number of hydrogen-bond donors (Lipinski definition) is 1. The maximum Gasteiger partial charge on any atom is 0.316 e. The summed E-state index contributed by atoms with van der Waals surface area (Å²) in [5.41, 5.74) is 4.46. The van der Waals surface area contributed by atoms with Crippen LogP contribution in [0.2, 0.25) is 0 Å². The molecule has 0 aromatic carbocycles. The number of rotatable bonds is 2. The number of hydrogen-bond acceptors (Lipinski definition) is 3. The van der Waals surface area contributed by atoms with Crippen LogP contribution in [0.1, 0.15) is 6.92 Å². The second kappa shape index (κ2) is 3.57. The molecule has 1 atom stereocenters. The molecule has 0 unspecified atom stereocenters. The van der Waals surface area contributed by atoms with Crippen molar-refractivity contribution in [2.24, 2.45) is 12.8 Å². The first-order valence-electron chi connectivity index (χ1n) is 4.04. The molecule has 0 aliphatic carbocycles. The van der Waals surface area contributed by atoms with Crippen molar-refractivity contribution >= 4 is 0 Å². The van der Waals surface area contributed by atoms with Crippen LogP contribution in [0.25, 0.3) is 0 Å². The van der Waals surface area contributed by atoms with Crippen molar-refractivity contribution in [3.63, 3.8) is 0 Å². The average Bonchev–Trinajstić information content (AvgIpc) is 2.06. The van der Waals surface area contributed by atoms with Crippen molar-refractivity contribution in [1.82, 2.24) is 9.13 Å². The molecule has 13 heavy (non-hydrogen) atoms. The molecule has 1 rings (SSSR count). The van der Waals surface area contributed by atoms with Gasteiger partial charge in [0.2, 0.25) is 0 Å². The minimum absolute atomic E-state index is 0.134. The number of nitrogens with zero attached hydrogens (tertiary/aromatic N) is 2. The molecule has 0 bridgehead atoms. The molecule has 5 heteroatoms. The highest BCUT2D eigenvalue weighted by Crippen LogP contribution is 1.82. The van der Waals surface area contributed by atoms with Gasteiger partial charge in [0.25, 0.3) is 0 Å². The average molecular weight is 183 g/mol. The van der Waals surface area contributed by atoms with E-state index in [1.54, 1.807) is 26.4 Å². The summed E-state index contributed by atoms with van der Waals surface area (Å²) in [5.74, 6) is 0. The summed E-state index contributed by atoms with van der Waals surface area (Å²) in [6, 6.07) is -0.134. The van der Waals surface area contributed by atoms with Crippen molar-refractivity contribution in [2.75, 3.05) is 0 Å². The number of nitrogens with two attached hydrogens (primary N) is 1. The van der Waals surface area contributed by atoms with Gasteiger partial charge in [-0.3, -0.25) is 9.59 Å². The van der Waals surface area contributed by atoms with Crippen molar-refractivity contribution in [1.29, 1.82) is 0 Å². The van der Waals surface area contributed by atoms with Gasteiger partial charge >= 0.3 is 11.1 Å². The summed E-state index contributed by atoms with van der Waals surface area (Å²) in [4.78, 5) is 22.5. The van der Waals surface area contributed by atoms with Gasteiger partial charge in [-0.25, -0.2) is 0 Å². The zero-order chi connectivity index (χ0) is 10.0. The van der Waals surface area contributed by atoms with E-state index in [2.05, 4.69) is 0 Å². The Morgan fingerprint density at radius 1 is 1.38 bits per heavy atom. The van der Waals surface area contributed by atoms with Gasteiger partial charge in [0.1, 0.15) is 0 Å². The molecule has 0 amide bonds. The minimum atomic E-state index is -0.526. The second-order valence-electron chi connectivity index (χ2n) is 3.15. The van der Waals surface area contributed by atoms with E-state index < -0.39 is 11.1 Å². The first kappa shape index (κ1) is 9.73. The molecule has 5 nitrogen and oxygen atoms in total. The molecule has 0 aliphatic rings. The quantitative estimate of drug-likeness (QED) is 0.591. The Balaban J connectivity index is 3.20. The van der Waals surface area contributed by atoms with Crippen LogP contribution in [0.4, 0.5) is 0 Å². The molecule has 0 saturated heterocycles. The maximum atomic E-state index is 11.3. The lowest BCUT2D eigenvalue weighted by Crippen LogP contribution is -2.41. The van der Waals surface area contributed by atoms with E-state index in [9.17, 15) is 9.59 Å². The van der Waals surface area contributed by atoms with Crippen LogP contribution in [0.15, 0.2) is 22.0 Å². The summed E-state index contributed by atoms with van der Waals surface area (Å²) < 4.78 is 2.58. The predicted octanol–water partition coefficient (Wildman–Crippen LogP) is -1.11. The zero-order valence-corrected chi connectivity index (χ0v) is 7.73. The molecular formula is C8H13N3O2. The fraction of sp³-hybridized carbons (Fsp3) is 0.500. The van der Waals surface area contributed by atoms with Crippen molar-refractivity contribution < 1.29 is 0 Å². The molecule has 0 saturated carbocycles. The summed E-state index contributed by atoms with van der Waals surface area (Å²) in [6.07, 6.45) is 3.11. The third-order valence-corrected chi connectivity index (χ3v) is 1.72. The molecule has 2 N–H and O–H groups in total. The van der Waals surface area contributed by atoms with Gasteiger partial charge in [-0.15, -0.1) is 0 Å². The smallest absolute Gasteiger partial charge is 0.316 e. The maximum absolute atomic E-state index is 11.3. The first-order chi connectivity index (χ1) is 6.02. The first-order valence-corrected chi connectivity index (χ1v) is 4.04. The largest absolute Gasteiger partial charge is 0.326 e. The zero-order valence-electron chi connectivity index (χ0n) is 7.73. The topological polar surface area (TPSA) is 70.0 Å². The molecule has 0 fully saturated rings. The van der Waals surface area contributed by atoms with Gasteiger partial charge in [0, 0.05) is 32.0 Å².